The van der Waals surface area contributed by atoms with Crippen LogP contribution in [0.15, 0.2) is 41.3 Å². The third kappa shape index (κ3) is 2.08. The molecule has 0 unspecified atom stereocenters. The summed E-state index contributed by atoms with van der Waals surface area (Å²) in [6.07, 6.45) is 1.50. The molecule has 0 bridgehead atoms. The second-order valence-corrected chi connectivity index (χ2v) is 3.54. The van der Waals surface area contributed by atoms with Crippen molar-refractivity contribution < 1.29 is 9.90 Å². The summed E-state index contributed by atoms with van der Waals surface area (Å²) in [5.74, 6) is -0.824. The van der Waals surface area contributed by atoms with Gasteiger partial charge in [-0.1, -0.05) is 6.07 Å². The van der Waals surface area contributed by atoms with Crippen molar-refractivity contribution in [3.63, 3.8) is 0 Å². The van der Waals surface area contributed by atoms with E-state index in [1.807, 2.05) is 0 Å². The van der Waals surface area contributed by atoms with Crippen LogP contribution >= 0.6 is 0 Å². The third-order valence-corrected chi connectivity index (χ3v) is 2.30. The van der Waals surface area contributed by atoms with E-state index in [1.165, 1.54) is 22.9 Å². The van der Waals surface area contributed by atoms with Crippen molar-refractivity contribution in [2.75, 3.05) is 0 Å². The molecule has 2 aromatic rings. The quantitative estimate of drug-likeness (QED) is 0.842. The summed E-state index contributed by atoms with van der Waals surface area (Å²) in [7, 11) is 0. The van der Waals surface area contributed by atoms with E-state index >= 15 is 0 Å². The van der Waals surface area contributed by atoms with Gasteiger partial charge in [0.1, 0.15) is 11.4 Å². The molecule has 2 rings (SSSR count). The summed E-state index contributed by atoms with van der Waals surface area (Å²) < 4.78 is 1.22. The van der Waals surface area contributed by atoms with Gasteiger partial charge >= 0.3 is 5.97 Å². The van der Waals surface area contributed by atoms with E-state index in [2.05, 4.69) is 4.98 Å². The number of carboxylic acids is 1. The molecule has 2 heterocycles. The molecule has 17 heavy (non-hydrogen) atoms. The van der Waals surface area contributed by atoms with Crippen molar-refractivity contribution in [3.8, 4) is 5.82 Å². The first-order valence-corrected chi connectivity index (χ1v) is 4.98. The van der Waals surface area contributed by atoms with E-state index in [0.29, 0.717) is 5.82 Å². The fourth-order valence-corrected chi connectivity index (χ4v) is 1.50. The number of carbonyl (C=O) groups is 1. The number of pyridine rings is 2. The lowest BCUT2D eigenvalue weighted by molar-refractivity contribution is 0.0694. The average Bonchev–Trinajstić information content (AvgIpc) is 2.29. The maximum atomic E-state index is 11.9. The fraction of sp³-hybridized carbons (Fsp3) is 0.0833. The van der Waals surface area contributed by atoms with Crippen LogP contribution in [-0.2, 0) is 0 Å². The van der Waals surface area contributed by atoms with Crippen LogP contribution in [0, 0.1) is 6.92 Å². The van der Waals surface area contributed by atoms with E-state index in [4.69, 9.17) is 5.11 Å². The summed E-state index contributed by atoms with van der Waals surface area (Å²) >= 11 is 0. The minimum Gasteiger partial charge on any atom is -0.477 e. The van der Waals surface area contributed by atoms with Gasteiger partial charge < -0.3 is 5.11 Å². The summed E-state index contributed by atoms with van der Waals surface area (Å²) in [4.78, 5) is 26.9. The van der Waals surface area contributed by atoms with Gasteiger partial charge in [-0.3, -0.25) is 9.36 Å². The van der Waals surface area contributed by atoms with Crippen LogP contribution < -0.4 is 5.56 Å². The maximum Gasteiger partial charge on any atom is 0.341 e. The number of aromatic carboxylic acids is 1. The van der Waals surface area contributed by atoms with Crippen molar-refractivity contribution in [1.29, 1.82) is 0 Å². The SMILES string of the molecule is Cc1cccc(-n2cccc(C(=O)O)c2=O)n1. The van der Waals surface area contributed by atoms with Gasteiger partial charge in [-0.2, -0.15) is 0 Å². The van der Waals surface area contributed by atoms with Gasteiger partial charge in [0.25, 0.3) is 5.56 Å². The first kappa shape index (κ1) is 11.1. The molecule has 0 fully saturated rings. The van der Waals surface area contributed by atoms with Crippen LogP contribution in [0.2, 0.25) is 0 Å². The zero-order valence-electron chi connectivity index (χ0n) is 9.12. The lowest BCUT2D eigenvalue weighted by Gasteiger charge is -2.05. The Hall–Kier alpha value is -2.43. The van der Waals surface area contributed by atoms with E-state index in [-0.39, 0.29) is 5.56 Å². The van der Waals surface area contributed by atoms with Gasteiger partial charge in [0.05, 0.1) is 0 Å². The molecule has 5 nitrogen and oxygen atoms in total. The van der Waals surface area contributed by atoms with Gasteiger partial charge in [0.2, 0.25) is 0 Å². The molecule has 0 aromatic carbocycles. The Bertz CT molecular complexity index is 632. The molecule has 0 saturated heterocycles. The lowest BCUT2D eigenvalue weighted by atomic mass is 10.3. The number of hydrogen-bond donors (Lipinski definition) is 1. The number of hydrogen-bond acceptors (Lipinski definition) is 3. The smallest absolute Gasteiger partial charge is 0.341 e. The molecule has 0 saturated carbocycles. The van der Waals surface area contributed by atoms with Gasteiger partial charge in [0, 0.05) is 11.9 Å². The van der Waals surface area contributed by atoms with Crippen LogP contribution in [0.1, 0.15) is 16.1 Å². The van der Waals surface area contributed by atoms with Crippen LogP contribution in [0.3, 0.4) is 0 Å². The Kier molecular flexibility index (Phi) is 2.74. The van der Waals surface area contributed by atoms with E-state index < -0.39 is 11.5 Å². The second-order valence-electron chi connectivity index (χ2n) is 3.54. The largest absolute Gasteiger partial charge is 0.477 e. The van der Waals surface area contributed by atoms with Crippen molar-refractivity contribution >= 4 is 5.97 Å². The monoisotopic (exact) mass is 230 g/mol. The topological polar surface area (TPSA) is 72.2 Å². The van der Waals surface area contributed by atoms with E-state index in [9.17, 15) is 9.59 Å². The molecule has 86 valence electrons. The van der Waals surface area contributed by atoms with E-state index in [1.54, 1.807) is 25.1 Å². The Balaban J connectivity index is 2.65. The number of aryl methyl sites for hydroxylation is 1. The molecular formula is C12H10N2O3. The summed E-state index contributed by atoms with van der Waals surface area (Å²) in [6.45, 7) is 1.80. The molecule has 0 atom stereocenters. The third-order valence-electron chi connectivity index (χ3n) is 2.30. The number of rotatable bonds is 2. The highest BCUT2D eigenvalue weighted by molar-refractivity contribution is 5.87. The highest BCUT2D eigenvalue weighted by Crippen LogP contribution is 2.03. The highest BCUT2D eigenvalue weighted by atomic mass is 16.4. The van der Waals surface area contributed by atoms with Gasteiger partial charge in [-0.15, -0.1) is 0 Å². The van der Waals surface area contributed by atoms with Crippen LogP contribution in [-0.4, -0.2) is 20.6 Å². The van der Waals surface area contributed by atoms with Crippen LogP contribution in [0.25, 0.3) is 5.82 Å². The van der Waals surface area contributed by atoms with Gasteiger partial charge in [0.15, 0.2) is 0 Å². The Morgan fingerprint density at radius 1 is 1.29 bits per heavy atom. The molecule has 0 spiro atoms. The second kappa shape index (κ2) is 4.21. The number of aromatic nitrogens is 2. The molecule has 0 aliphatic rings. The zero-order chi connectivity index (χ0) is 12.4. The molecule has 0 radical (unpaired) electrons. The molecular weight excluding hydrogens is 220 g/mol. The minimum atomic E-state index is -1.24. The Morgan fingerprint density at radius 3 is 2.71 bits per heavy atom. The molecule has 1 N–H and O–H groups in total. The summed E-state index contributed by atoms with van der Waals surface area (Å²) in [5, 5.41) is 8.86. The van der Waals surface area contributed by atoms with Gasteiger partial charge in [-0.25, -0.2) is 9.78 Å². The average molecular weight is 230 g/mol. The zero-order valence-corrected chi connectivity index (χ0v) is 9.12. The molecule has 2 aromatic heterocycles. The van der Waals surface area contributed by atoms with Crippen LogP contribution in [0.4, 0.5) is 0 Å². The Morgan fingerprint density at radius 2 is 2.06 bits per heavy atom. The molecule has 0 aliphatic carbocycles. The predicted molar refractivity (Wildman–Crippen MR) is 61.5 cm³/mol. The summed E-state index contributed by atoms with van der Waals surface area (Å²) in [6, 6.07) is 8.00. The normalized spacial score (nSPS) is 10.2. The first-order valence-electron chi connectivity index (χ1n) is 4.98. The van der Waals surface area contributed by atoms with Crippen LogP contribution in [0.5, 0.6) is 0 Å². The van der Waals surface area contributed by atoms with Crippen molar-refractivity contribution in [1.82, 2.24) is 9.55 Å². The van der Waals surface area contributed by atoms with Gasteiger partial charge in [-0.05, 0) is 31.2 Å². The predicted octanol–water partition coefficient (Wildman–Crippen LogP) is 1.24. The molecule has 0 amide bonds. The van der Waals surface area contributed by atoms with Crippen molar-refractivity contribution in [2.45, 2.75) is 6.92 Å². The van der Waals surface area contributed by atoms with E-state index in [0.717, 1.165) is 5.69 Å². The van der Waals surface area contributed by atoms with Crippen molar-refractivity contribution in [3.05, 3.63) is 58.1 Å². The first-order chi connectivity index (χ1) is 8.09. The number of carboxylic acid groups (broad SMARTS) is 1. The van der Waals surface area contributed by atoms with Crippen molar-refractivity contribution in [2.24, 2.45) is 0 Å². The number of nitrogens with zero attached hydrogens (tertiary/aromatic N) is 2. The minimum absolute atomic E-state index is 0.268. The molecule has 5 heteroatoms. The standard InChI is InChI=1S/C12H10N2O3/c1-8-4-2-6-10(13-8)14-7-3-5-9(11(14)15)12(16)17/h2-7H,1H3,(H,16,17). The Labute approximate surface area is 97.0 Å². The summed E-state index contributed by atoms with van der Waals surface area (Å²) in [5.41, 5.74) is -0.0935. The molecule has 0 aliphatic heterocycles. The highest BCUT2D eigenvalue weighted by Gasteiger charge is 2.11. The maximum absolute atomic E-state index is 11.9. The lowest BCUT2D eigenvalue weighted by Crippen LogP contribution is -2.25. The fourth-order valence-electron chi connectivity index (χ4n) is 1.50.